The average Bonchev–Trinajstić information content (AvgIpc) is 3.34. The van der Waals surface area contributed by atoms with Crippen LogP contribution in [0.3, 0.4) is 0 Å². The molecular formula is C28H22ClN3O3S. The summed E-state index contributed by atoms with van der Waals surface area (Å²) in [7, 11) is 0. The van der Waals surface area contributed by atoms with Crippen LogP contribution in [0, 0.1) is 6.92 Å². The lowest BCUT2D eigenvalue weighted by Crippen LogP contribution is -2.36. The van der Waals surface area contributed by atoms with Gasteiger partial charge in [0.05, 0.1) is 4.91 Å². The van der Waals surface area contributed by atoms with Crippen molar-refractivity contribution in [3.05, 3.63) is 106 Å². The van der Waals surface area contributed by atoms with E-state index >= 15 is 0 Å². The predicted molar refractivity (Wildman–Crippen MR) is 145 cm³/mol. The summed E-state index contributed by atoms with van der Waals surface area (Å²) in [6.45, 7) is 2.17. The Morgan fingerprint density at radius 2 is 1.78 bits per heavy atom. The van der Waals surface area contributed by atoms with Gasteiger partial charge in [-0.15, -0.1) is 0 Å². The summed E-state index contributed by atoms with van der Waals surface area (Å²) < 4.78 is 2.13. The third-order valence-corrected chi connectivity index (χ3v) is 7.25. The molecular weight excluding hydrogens is 494 g/mol. The van der Waals surface area contributed by atoms with Gasteiger partial charge >= 0.3 is 0 Å². The molecule has 0 saturated carbocycles. The van der Waals surface area contributed by atoms with E-state index in [-0.39, 0.29) is 11.4 Å². The van der Waals surface area contributed by atoms with Gasteiger partial charge in [0.25, 0.3) is 11.1 Å². The van der Waals surface area contributed by atoms with Crippen LogP contribution in [-0.2, 0) is 16.1 Å². The molecule has 0 radical (unpaired) electrons. The number of benzene rings is 3. The minimum Gasteiger partial charge on any atom is -0.342 e. The fraction of sp³-hybridized carbons (Fsp3) is 0.107. The van der Waals surface area contributed by atoms with E-state index < -0.39 is 17.1 Å². The number of amides is 3. The first-order valence-electron chi connectivity index (χ1n) is 11.3. The van der Waals surface area contributed by atoms with Gasteiger partial charge in [0, 0.05) is 39.9 Å². The molecule has 36 heavy (non-hydrogen) atoms. The zero-order valence-corrected chi connectivity index (χ0v) is 21.0. The Balaban J connectivity index is 1.36. The fourth-order valence-corrected chi connectivity index (χ4v) is 5.10. The van der Waals surface area contributed by atoms with Gasteiger partial charge in [0.2, 0.25) is 5.91 Å². The summed E-state index contributed by atoms with van der Waals surface area (Å²) in [5.74, 6) is -0.958. The normalized spacial score (nSPS) is 14.7. The van der Waals surface area contributed by atoms with Gasteiger partial charge in [0.15, 0.2) is 0 Å². The maximum absolute atomic E-state index is 13.0. The van der Waals surface area contributed by atoms with Crippen LogP contribution in [0.25, 0.3) is 17.0 Å². The molecule has 2 heterocycles. The van der Waals surface area contributed by atoms with E-state index in [1.54, 1.807) is 24.3 Å². The Bertz CT molecular complexity index is 1530. The Labute approximate surface area is 217 Å². The molecule has 1 fully saturated rings. The molecule has 8 heteroatoms. The van der Waals surface area contributed by atoms with Crippen molar-refractivity contribution in [2.24, 2.45) is 0 Å². The molecule has 0 aliphatic carbocycles. The lowest BCUT2D eigenvalue weighted by atomic mass is 10.1. The van der Waals surface area contributed by atoms with Crippen molar-refractivity contribution in [1.82, 2.24) is 9.47 Å². The maximum atomic E-state index is 13.0. The number of aromatic nitrogens is 1. The second kappa shape index (κ2) is 10.0. The number of fused-ring (bicyclic) bond motifs is 1. The predicted octanol–water partition coefficient (Wildman–Crippen LogP) is 6.33. The van der Waals surface area contributed by atoms with Crippen molar-refractivity contribution in [2.45, 2.75) is 13.5 Å². The van der Waals surface area contributed by atoms with E-state index in [1.807, 2.05) is 55.6 Å². The second-order valence-electron chi connectivity index (χ2n) is 8.50. The SMILES string of the molecule is Cc1ccc(NC(=O)CN2C(=O)S/C(=C\c3cn(Cc4ccccc4)c4ccccc34)C2=O)cc1Cl. The maximum Gasteiger partial charge on any atom is 0.294 e. The average molecular weight is 516 g/mol. The monoisotopic (exact) mass is 515 g/mol. The Morgan fingerprint density at radius 1 is 1.03 bits per heavy atom. The number of aryl methyl sites for hydroxylation is 1. The molecule has 0 bridgehead atoms. The number of rotatable bonds is 6. The molecule has 5 rings (SSSR count). The molecule has 4 aromatic rings. The van der Waals surface area contributed by atoms with Gasteiger partial charge in [-0.05, 0) is 54.1 Å². The van der Waals surface area contributed by atoms with E-state index in [0.717, 1.165) is 44.3 Å². The number of para-hydroxylation sites is 1. The molecule has 6 nitrogen and oxygen atoms in total. The van der Waals surface area contributed by atoms with Gasteiger partial charge in [-0.2, -0.15) is 0 Å². The number of carbonyl (C=O) groups excluding carboxylic acids is 3. The first-order valence-corrected chi connectivity index (χ1v) is 12.5. The first kappa shape index (κ1) is 23.9. The zero-order valence-electron chi connectivity index (χ0n) is 19.4. The number of nitrogens with zero attached hydrogens (tertiary/aromatic N) is 2. The second-order valence-corrected chi connectivity index (χ2v) is 9.90. The third-order valence-electron chi connectivity index (χ3n) is 5.93. The highest BCUT2D eigenvalue weighted by atomic mass is 35.5. The summed E-state index contributed by atoms with van der Waals surface area (Å²) >= 11 is 6.96. The Hall–Kier alpha value is -3.81. The van der Waals surface area contributed by atoms with Crippen LogP contribution < -0.4 is 5.32 Å². The van der Waals surface area contributed by atoms with Crippen molar-refractivity contribution in [3.63, 3.8) is 0 Å². The molecule has 3 aromatic carbocycles. The van der Waals surface area contributed by atoms with Crippen molar-refractivity contribution in [2.75, 3.05) is 11.9 Å². The molecule has 0 atom stereocenters. The highest BCUT2D eigenvalue weighted by Gasteiger charge is 2.36. The molecule has 0 spiro atoms. The minimum atomic E-state index is -0.484. The number of carbonyl (C=O) groups is 3. The van der Waals surface area contributed by atoms with E-state index in [2.05, 4.69) is 22.0 Å². The number of nitrogens with one attached hydrogen (secondary N) is 1. The van der Waals surface area contributed by atoms with Crippen LogP contribution >= 0.6 is 23.4 Å². The number of thioether (sulfide) groups is 1. The van der Waals surface area contributed by atoms with Crippen LogP contribution in [0.2, 0.25) is 5.02 Å². The van der Waals surface area contributed by atoms with Crippen LogP contribution in [-0.4, -0.2) is 33.1 Å². The van der Waals surface area contributed by atoms with Crippen LogP contribution in [0.15, 0.2) is 83.9 Å². The minimum absolute atomic E-state index is 0.286. The summed E-state index contributed by atoms with van der Waals surface area (Å²) in [5.41, 5.74) is 4.42. The Morgan fingerprint density at radius 3 is 2.56 bits per heavy atom. The standard InChI is InChI=1S/C28H22ClN3O3S/c1-18-11-12-21(14-23(18)29)30-26(33)17-32-27(34)25(36-28(32)35)13-20-16-31(15-19-7-3-2-4-8-19)24-10-6-5-9-22(20)24/h2-14,16H,15,17H2,1H3,(H,30,33)/b25-13-. The van der Waals surface area contributed by atoms with Crippen molar-refractivity contribution >= 4 is 63.1 Å². The van der Waals surface area contributed by atoms with Crippen LogP contribution in [0.5, 0.6) is 0 Å². The number of anilines is 1. The smallest absolute Gasteiger partial charge is 0.294 e. The van der Waals surface area contributed by atoms with Crippen LogP contribution in [0.1, 0.15) is 16.7 Å². The van der Waals surface area contributed by atoms with Gasteiger partial charge in [-0.1, -0.05) is 66.2 Å². The molecule has 1 aliphatic heterocycles. The largest absolute Gasteiger partial charge is 0.342 e. The quantitative estimate of drug-likeness (QED) is 0.305. The molecule has 1 N–H and O–H groups in total. The topological polar surface area (TPSA) is 71.4 Å². The van der Waals surface area contributed by atoms with E-state index in [0.29, 0.717) is 17.3 Å². The van der Waals surface area contributed by atoms with Gasteiger partial charge < -0.3 is 9.88 Å². The number of halogens is 1. The van der Waals surface area contributed by atoms with Gasteiger partial charge in [-0.3, -0.25) is 19.3 Å². The first-order chi connectivity index (χ1) is 17.4. The molecule has 180 valence electrons. The molecule has 1 aliphatic rings. The van der Waals surface area contributed by atoms with Crippen molar-refractivity contribution in [3.8, 4) is 0 Å². The highest BCUT2D eigenvalue weighted by molar-refractivity contribution is 8.18. The van der Waals surface area contributed by atoms with Crippen LogP contribution in [0.4, 0.5) is 10.5 Å². The Kier molecular flexibility index (Phi) is 6.67. The summed E-state index contributed by atoms with van der Waals surface area (Å²) in [4.78, 5) is 39.4. The fourth-order valence-electron chi connectivity index (χ4n) is 4.09. The highest BCUT2D eigenvalue weighted by Crippen LogP contribution is 2.34. The lowest BCUT2D eigenvalue weighted by Gasteiger charge is -2.12. The third kappa shape index (κ3) is 4.94. The summed E-state index contributed by atoms with van der Waals surface area (Å²) in [5, 5.41) is 3.72. The summed E-state index contributed by atoms with van der Waals surface area (Å²) in [6, 6.07) is 23.2. The van der Waals surface area contributed by atoms with E-state index in [4.69, 9.17) is 11.6 Å². The number of hydrogen-bond acceptors (Lipinski definition) is 4. The molecule has 0 unspecified atom stereocenters. The number of imide groups is 1. The molecule has 1 aromatic heterocycles. The lowest BCUT2D eigenvalue weighted by molar-refractivity contribution is -0.127. The van der Waals surface area contributed by atoms with Crippen molar-refractivity contribution < 1.29 is 14.4 Å². The molecule has 1 saturated heterocycles. The number of hydrogen-bond donors (Lipinski definition) is 1. The van der Waals surface area contributed by atoms with Gasteiger partial charge in [0.1, 0.15) is 6.54 Å². The van der Waals surface area contributed by atoms with Crippen molar-refractivity contribution in [1.29, 1.82) is 0 Å². The van der Waals surface area contributed by atoms with E-state index in [1.165, 1.54) is 0 Å². The zero-order chi connectivity index (χ0) is 25.2. The van der Waals surface area contributed by atoms with E-state index in [9.17, 15) is 14.4 Å². The van der Waals surface area contributed by atoms with Gasteiger partial charge in [-0.25, -0.2) is 0 Å². The molecule has 3 amide bonds. The summed E-state index contributed by atoms with van der Waals surface area (Å²) in [6.07, 6.45) is 3.71.